The van der Waals surface area contributed by atoms with E-state index in [1.807, 2.05) is 18.2 Å². The summed E-state index contributed by atoms with van der Waals surface area (Å²) in [5, 5.41) is 0. The summed E-state index contributed by atoms with van der Waals surface area (Å²) in [6.07, 6.45) is 2.10. The number of hydrogen-bond acceptors (Lipinski definition) is 3. The zero-order valence-corrected chi connectivity index (χ0v) is 11.0. The zero-order valence-electron chi connectivity index (χ0n) is 11.0. The quantitative estimate of drug-likeness (QED) is 0.593. The summed E-state index contributed by atoms with van der Waals surface area (Å²) in [6.45, 7) is 4.71. The lowest BCUT2D eigenvalue weighted by Gasteiger charge is -2.14. The van der Waals surface area contributed by atoms with Gasteiger partial charge in [-0.1, -0.05) is 26.0 Å². The monoisotopic (exact) mass is 246 g/mol. The lowest BCUT2D eigenvalue weighted by molar-refractivity contribution is 0.102. The van der Waals surface area contributed by atoms with Gasteiger partial charge in [-0.05, 0) is 17.5 Å². The van der Waals surface area contributed by atoms with Crippen molar-refractivity contribution in [2.24, 2.45) is 0 Å². The average molecular weight is 246 g/mol. The van der Waals surface area contributed by atoms with Crippen molar-refractivity contribution in [1.82, 2.24) is 0 Å². The second-order valence-corrected chi connectivity index (χ2v) is 4.69. The molecule has 0 atom stereocenters. The van der Waals surface area contributed by atoms with Gasteiger partial charge in [0.2, 0.25) is 0 Å². The molecule has 1 aliphatic heterocycles. The predicted octanol–water partition coefficient (Wildman–Crippen LogP) is 3.31. The number of carbonyl (C=O) groups is 1. The van der Waals surface area contributed by atoms with Crippen LogP contribution in [0.1, 0.15) is 42.1 Å². The van der Waals surface area contributed by atoms with Crippen molar-refractivity contribution >= 4 is 5.78 Å². The molecule has 0 unspecified atom stereocenters. The van der Waals surface area contributed by atoms with Crippen LogP contribution in [-0.2, 0) is 4.74 Å². The molecule has 1 aromatic rings. The Hall–Kier alpha value is -1.77. The molecule has 0 fully saturated rings. The molecule has 1 aromatic carbocycles. The van der Waals surface area contributed by atoms with Gasteiger partial charge in [-0.25, -0.2) is 0 Å². The van der Waals surface area contributed by atoms with Crippen LogP contribution >= 0.6 is 0 Å². The molecule has 3 heteroatoms. The van der Waals surface area contributed by atoms with E-state index in [-0.39, 0.29) is 5.78 Å². The maximum Gasteiger partial charge on any atom is 0.195 e. The summed E-state index contributed by atoms with van der Waals surface area (Å²) < 4.78 is 10.7. The van der Waals surface area contributed by atoms with Crippen molar-refractivity contribution in [3.63, 3.8) is 0 Å². The van der Waals surface area contributed by atoms with Gasteiger partial charge in [-0.3, -0.25) is 4.79 Å². The van der Waals surface area contributed by atoms with Crippen LogP contribution in [0.3, 0.4) is 0 Å². The Morgan fingerprint density at radius 2 is 2.17 bits per heavy atom. The second kappa shape index (κ2) is 5.25. The third kappa shape index (κ3) is 2.26. The molecule has 0 saturated carbocycles. The summed E-state index contributed by atoms with van der Waals surface area (Å²) >= 11 is 0. The molecule has 0 N–H and O–H groups in total. The smallest absolute Gasteiger partial charge is 0.195 e. The molecule has 18 heavy (non-hydrogen) atoms. The first-order valence-electron chi connectivity index (χ1n) is 6.17. The Bertz CT molecular complexity index is 487. The molecule has 0 aliphatic carbocycles. The Balaban J connectivity index is 2.52. The fourth-order valence-electron chi connectivity index (χ4n) is 2.15. The number of Topliss-reactive ketones (excluding diaryl/α,β-unsaturated/α-hetero) is 1. The van der Waals surface area contributed by atoms with Gasteiger partial charge >= 0.3 is 0 Å². The highest BCUT2D eigenvalue weighted by atomic mass is 16.5. The first-order valence-corrected chi connectivity index (χ1v) is 6.17. The maximum absolute atomic E-state index is 12.4. The number of methoxy groups -OCH3 is 1. The summed E-state index contributed by atoms with van der Waals surface area (Å²) in [5.41, 5.74) is 2.39. The number of ether oxygens (including phenoxy) is 2. The van der Waals surface area contributed by atoms with E-state index in [1.54, 1.807) is 7.11 Å². The van der Waals surface area contributed by atoms with Crippen molar-refractivity contribution in [2.45, 2.75) is 26.2 Å². The van der Waals surface area contributed by atoms with Crippen LogP contribution < -0.4 is 4.74 Å². The summed E-state index contributed by atoms with van der Waals surface area (Å²) in [6, 6.07) is 5.74. The molecular weight excluding hydrogens is 228 g/mol. The number of benzene rings is 1. The number of para-hydroxylation sites is 1. The van der Waals surface area contributed by atoms with Crippen LogP contribution in [0, 0.1) is 0 Å². The summed E-state index contributed by atoms with van der Waals surface area (Å²) in [5.74, 6) is 1.07. The third-order valence-corrected chi connectivity index (χ3v) is 3.08. The van der Waals surface area contributed by atoms with Crippen LogP contribution in [0.15, 0.2) is 30.0 Å². The fraction of sp³-hybridized carbons (Fsp3) is 0.400. The minimum atomic E-state index is 0.00634. The number of hydrogen-bond donors (Lipinski definition) is 0. The van der Waals surface area contributed by atoms with Gasteiger partial charge in [0, 0.05) is 12.0 Å². The van der Waals surface area contributed by atoms with Gasteiger partial charge in [-0.2, -0.15) is 0 Å². The van der Waals surface area contributed by atoms with Crippen molar-refractivity contribution in [3.8, 4) is 5.75 Å². The maximum atomic E-state index is 12.4. The second-order valence-electron chi connectivity index (χ2n) is 4.69. The minimum Gasteiger partial charge on any atom is -0.504 e. The first-order chi connectivity index (χ1) is 8.65. The normalized spacial score (nSPS) is 17.3. The molecule has 96 valence electrons. The molecule has 0 bridgehead atoms. The molecule has 1 aliphatic rings. The van der Waals surface area contributed by atoms with E-state index in [9.17, 15) is 4.79 Å². The summed E-state index contributed by atoms with van der Waals surface area (Å²) in [4.78, 5) is 12.4. The average Bonchev–Trinajstić information content (AvgIpc) is 2.51. The van der Waals surface area contributed by atoms with Crippen LogP contribution in [0.4, 0.5) is 0 Å². The molecular formula is C15H18O3. The Kier molecular flexibility index (Phi) is 3.70. The van der Waals surface area contributed by atoms with Gasteiger partial charge in [0.05, 0.1) is 25.5 Å². The fourth-order valence-corrected chi connectivity index (χ4v) is 2.15. The highest BCUT2D eigenvalue weighted by Crippen LogP contribution is 2.34. The first kappa shape index (κ1) is 12.7. The van der Waals surface area contributed by atoms with E-state index in [4.69, 9.17) is 9.47 Å². The molecule has 0 radical (unpaired) electrons. The molecule has 0 saturated heterocycles. The van der Waals surface area contributed by atoms with Gasteiger partial charge in [0.1, 0.15) is 5.75 Å². The predicted molar refractivity (Wildman–Crippen MR) is 70.1 cm³/mol. The largest absolute Gasteiger partial charge is 0.504 e. The Morgan fingerprint density at radius 1 is 1.39 bits per heavy atom. The van der Waals surface area contributed by atoms with Crippen molar-refractivity contribution in [3.05, 3.63) is 41.2 Å². The van der Waals surface area contributed by atoms with Crippen LogP contribution in [0.5, 0.6) is 5.75 Å². The van der Waals surface area contributed by atoms with E-state index >= 15 is 0 Å². The van der Waals surface area contributed by atoms with Crippen molar-refractivity contribution < 1.29 is 14.3 Å². The van der Waals surface area contributed by atoms with E-state index in [1.165, 1.54) is 6.26 Å². The van der Waals surface area contributed by atoms with Gasteiger partial charge in [0.25, 0.3) is 0 Å². The molecule has 0 aromatic heterocycles. The Morgan fingerprint density at radius 3 is 2.83 bits per heavy atom. The number of ketones is 1. The molecule has 0 amide bonds. The van der Waals surface area contributed by atoms with Crippen molar-refractivity contribution in [2.75, 3.05) is 13.7 Å². The third-order valence-electron chi connectivity index (χ3n) is 3.08. The van der Waals surface area contributed by atoms with E-state index in [0.717, 1.165) is 11.3 Å². The zero-order chi connectivity index (χ0) is 13.1. The van der Waals surface area contributed by atoms with Crippen molar-refractivity contribution in [1.29, 1.82) is 0 Å². The lowest BCUT2D eigenvalue weighted by Crippen LogP contribution is -2.04. The Labute approximate surface area is 107 Å². The minimum absolute atomic E-state index is 0.00634. The van der Waals surface area contributed by atoms with Crippen LogP contribution in [0.25, 0.3) is 0 Å². The summed E-state index contributed by atoms with van der Waals surface area (Å²) in [7, 11) is 1.55. The highest BCUT2D eigenvalue weighted by molar-refractivity contribution is 6.10. The molecule has 2 rings (SSSR count). The number of fused-ring (bicyclic) bond motifs is 1. The number of rotatable bonds is 2. The SMILES string of the molecule is CO/C=C1/CCOc2c(cccc2C(C)C)C1=O. The van der Waals surface area contributed by atoms with Crippen LogP contribution in [-0.4, -0.2) is 19.5 Å². The molecule has 1 heterocycles. The standard InChI is InChI=1S/C15H18O3/c1-10(2)12-5-4-6-13-14(16)11(9-17-3)7-8-18-15(12)13/h4-6,9-10H,7-8H2,1-3H3/b11-9-. The molecule has 0 spiro atoms. The van der Waals surface area contributed by atoms with Gasteiger partial charge in [0.15, 0.2) is 5.78 Å². The van der Waals surface area contributed by atoms with Gasteiger partial charge in [-0.15, -0.1) is 0 Å². The van der Waals surface area contributed by atoms with E-state index in [2.05, 4.69) is 13.8 Å². The lowest BCUT2D eigenvalue weighted by atomic mass is 9.95. The number of carbonyl (C=O) groups excluding carboxylic acids is 1. The van der Waals surface area contributed by atoms with Gasteiger partial charge < -0.3 is 9.47 Å². The van der Waals surface area contributed by atoms with E-state index in [0.29, 0.717) is 30.1 Å². The topological polar surface area (TPSA) is 35.5 Å². The molecule has 3 nitrogen and oxygen atoms in total. The highest BCUT2D eigenvalue weighted by Gasteiger charge is 2.24. The van der Waals surface area contributed by atoms with E-state index < -0.39 is 0 Å². The van der Waals surface area contributed by atoms with Crippen LogP contribution in [0.2, 0.25) is 0 Å².